The second-order valence-corrected chi connectivity index (χ2v) is 6.51. The molecule has 0 bridgehead atoms. The second-order valence-electron chi connectivity index (χ2n) is 6.51. The fraction of sp³-hybridized carbons (Fsp3) is 0.381. The van der Waals surface area contributed by atoms with Crippen LogP contribution in [0.15, 0.2) is 30.3 Å². The zero-order chi connectivity index (χ0) is 20.0. The van der Waals surface area contributed by atoms with Crippen molar-refractivity contribution in [3.63, 3.8) is 0 Å². The lowest BCUT2D eigenvalue weighted by molar-refractivity contribution is -0.119. The molecule has 27 heavy (non-hydrogen) atoms. The first-order chi connectivity index (χ1) is 12.9. The molecule has 2 aromatic rings. The Bertz CT molecular complexity index is 760. The van der Waals surface area contributed by atoms with Crippen molar-refractivity contribution in [2.45, 2.75) is 20.4 Å². The number of hydrogen-bond donors (Lipinski definition) is 1. The number of nitrogens with one attached hydrogen (secondary N) is 1. The van der Waals surface area contributed by atoms with Gasteiger partial charge in [0.1, 0.15) is 0 Å². The lowest BCUT2D eigenvalue weighted by Crippen LogP contribution is -2.34. The molecule has 6 heteroatoms. The molecule has 1 amide bonds. The van der Waals surface area contributed by atoms with E-state index in [1.165, 1.54) is 11.1 Å². The summed E-state index contributed by atoms with van der Waals surface area (Å²) in [6.07, 6.45) is 0. The normalized spacial score (nSPS) is 10.3. The van der Waals surface area contributed by atoms with E-state index in [9.17, 15) is 4.79 Å². The molecule has 0 heterocycles. The molecule has 0 spiro atoms. The highest BCUT2D eigenvalue weighted by molar-refractivity contribution is 5.81. The van der Waals surface area contributed by atoms with Gasteiger partial charge >= 0.3 is 0 Å². The summed E-state index contributed by atoms with van der Waals surface area (Å²) in [5.74, 6) is 1.59. The zero-order valence-corrected chi connectivity index (χ0v) is 16.9. The van der Waals surface area contributed by atoms with Gasteiger partial charge in [-0.05, 0) is 54.8 Å². The fourth-order valence-electron chi connectivity index (χ4n) is 2.97. The predicted molar refractivity (Wildman–Crippen MR) is 107 cm³/mol. The number of methoxy groups -OCH3 is 3. The highest BCUT2D eigenvalue weighted by Gasteiger charge is 2.14. The smallest absolute Gasteiger partial charge is 0.239 e. The zero-order valence-electron chi connectivity index (χ0n) is 16.9. The molecule has 0 aliphatic rings. The van der Waals surface area contributed by atoms with Gasteiger partial charge in [0.25, 0.3) is 0 Å². The van der Waals surface area contributed by atoms with E-state index in [2.05, 4.69) is 37.4 Å². The quantitative estimate of drug-likeness (QED) is 0.772. The van der Waals surface area contributed by atoms with E-state index < -0.39 is 0 Å². The van der Waals surface area contributed by atoms with Crippen molar-refractivity contribution in [2.75, 3.05) is 39.8 Å². The molecule has 1 N–H and O–H groups in total. The van der Waals surface area contributed by atoms with E-state index in [0.29, 0.717) is 23.8 Å². The van der Waals surface area contributed by atoms with E-state index in [0.717, 1.165) is 11.3 Å². The summed E-state index contributed by atoms with van der Waals surface area (Å²) >= 11 is 0. The van der Waals surface area contributed by atoms with Gasteiger partial charge in [0.05, 0.1) is 27.9 Å². The third-order valence-electron chi connectivity index (χ3n) is 4.24. The monoisotopic (exact) mass is 372 g/mol. The Hall–Kier alpha value is -2.89. The molecule has 6 nitrogen and oxygen atoms in total. The topological polar surface area (TPSA) is 60.0 Å². The maximum absolute atomic E-state index is 12.4. The SMILES string of the molecule is COc1cc(CNC(=O)CN(C)c2cc(C)cc(C)c2)cc(OC)c1OC. The predicted octanol–water partition coefficient (Wildman–Crippen LogP) is 3.08. The molecular formula is C21H28N2O4. The van der Waals surface area contributed by atoms with E-state index in [-0.39, 0.29) is 12.5 Å². The third kappa shape index (κ3) is 5.29. The first-order valence-corrected chi connectivity index (χ1v) is 8.73. The fourth-order valence-corrected chi connectivity index (χ4v) is 2.97. The van der Waals surface area contributed by atoms with Crippen molar-refractivity contribution in [3.8, 4) is 17.2 Å². The molecule has 0 saturated carbocycles. The van der Waals surface area contributed by atoms with Gasteiger partial charge in [0, 0.05) is 19.3 Å². The Morgan fingerprint density at radius 2 is 1.48 bits per heavy atom. The molecule has 0 aliphatic heterocycles. The van der Waals surface area contributed by atoms with Gasteiger partial charge in [-0.25, -0.2) is 0 Å². The van der Waals surface area contributed by atoms with E-state index in [4.69, 9.17) is 14.2 Å². The molecule has 2 rings (SSSR count). The number of likely N-dealkylation sites (N-methyl/N-ethyl adjacent to an activating group) is 1. The number of carbonyl (C=O) groups excluding carboxylic acids is 1. The summed E-state index contributed by atoms with van der Waals surface area (Å²) in [6, 6.07) is 9.91. The largest absolute Gasteiger partial charge is 0.493 e. The van der Waals surface area contributed by atoms with Crippen LogP contribution in [0.2, 0.25) is 0 Å². The van der Waals surface area contributed by atoms with Crippen LogP contribution in [0.4, 0.5) is 5.69 Å². The van der Waals surface area contributed by atoms with Gasteiger partial charge in [0.2, 0.25) is 11.7 Å². The maximum Gasteiger partial charge on any atom is 0.239 e. The molecule has 0 radical (unpaired) electrons. The van der Waals surface area contributed by atoms with Crippen LogP contribution in [0.3, 0.4) is 0 Å². The lowest BCUT2D eigenvalue weighted by atomic mass is 10.1. The Kier molecular flexibility index (Phi) is 6.93. The van der Waals surface area contributed by atoms with E-state index >= 15 is 0 Å². The summed E-state index contributed by atoms with van der Waals surface area (Å²) in [5.41, 5.74) is 4.24. The molecular weight excluding hydrogens is 344 g/mol. The Labute approximate surface area is 161 Å². The van der Waals surface area contributed by atoms with Crippen molar-refractivity contribution in [1.29, 1.82) is 0 Å². The van der Waals surface area contributed by atoms with Crippen LogP contribution in [0.25, 0.3) is 0 Å². The number of ether oxygens (including phenoxy) is 3. The number of rotatable bonds is 8. The molecule has 0 atom stereocenters. The minimum atomic E-state index is -0.0644. The van der Waals surface area contributed by atoms with Crippen molar-refractivity contribution < 1.29 is 19.0 Å². The van der Waals surface area contributed by atoms with Crippen LogP contribution in [-0.2, 0) is 11.3 Å². The summed E-state index contributed by atoms with van der Waals surface area (Å²) in [6.45, 7) is 4.74. The molecule has 0 unspecified atom stereocenters. The average molecular weight is 372 g/mol. The average Bonchev–Trinajstić information content (AvgIpc) is 2.64. The lowest BCUT2D eigenvalue weighted by Gasteiger charge is -2.20. The standard InChI is InChI=1S/C21H28N2O4/c1-14-7-15(2)9-17(8-14)23(3)13-20(24)22-12-16-10-18(25-4)21(27-6)19(11-16)26-5/h7-11H,12-13H2,1-6H3,(H,22,24). The van der Waals surface area contributed by atoms with Gasteiger partial charge in [-0.1, -0.05) is 6.07 Å². The number of hydrogen-bond acceptors (Lipinski definition) is 5. The summed E-state index contributed by atoms with van der Waals surface area (Å²) in [7, 11) is 6.61. The molecule has 0 fully saturated rings. The van der Waals surface area contributed by atoms with Gasteiger partial charge in [-0.15, -0.1) is 0 Å². The molecule has 0 aromatic heterocycles. The van der Waals surface area contributed by atoms with Crippen LogP contribution in [0, 0.1) is 13.8 Å². The maximum atomic E-state index is 12.4. The van der Waals surface area contributed by atoms with Gasteiger partial charge in [0.15, 0.2) is 11.5 Å². The van der Waals surface area contributed by atoms with Crippen molar-refractivity contribution in [1.82, 2.24) is 5.32 Å². The Morgan fingerprint density at radius 3 is 1.96 bits per heavy atom. The molecule has 146 valence electrons. The minimum absolute atomic E-state index is 0.0644. The number of nitrogens with zero attached hydrogens (tertiary/aromatic N) is 1. The number of aryl methyl sites for hydroxylation is 2. The molecule has 0 aliphatic carbocycles. The summed E-state index contributed by atoms with van der Waals surface area (Å²) in [5, 5.41) is 2.94. The van der Waals surface area contributed by atoms with Gasteiger partial charge in [-0.3, -0.25) is 4.79 Å². The Morgan fingerprint density at radius 1 is 0.926 bits per heavy atom. The first-order valence-electron chi connectivity index (χ1n) is 8.73. The molecule has 2 aromatic carbocycles. The first kappa shape index (κ1) is 20.4. The Balaban J connectivity index is 2.02. The second kappa shape index (κ2) is 9.16. The van der Waals surface area contributed by atoms with Crippen molar-refractivity contribution in [3.05, 3.63) is 47.0 Å². The van der Waals surface area contributed by atoms with Gasteiger partial charge in [-0.2, -0.15) is 0 Å². The van der Waals surface area contributed by atoms with E-state index in [1.54, 1.807) is 21.3 Å². The highest BCUT2D eigenvalue weighted by Crippen LogP contribution is 2.38. The molecule has 0 saturated heterocycles. The highest BCUT2D eigenvalue weighted by atomic mass is 16.5. The van der Waals surface area contributed by atoms with Crippen LogP contribution < -0.4 is 24.4 Å². The van der Waals surface area contributed by atoms with Crippen LogP contribution >= 0.6 is 0 Å². The van der Waals surface area contributed by atoms with Crippen LogP contribution in [0.5, 0.6) is 17.2 Å². The number of benzene rings is 2. The van der Waals surface area contributed by atoms with Crippen LogP contribution in [0.1, 0.15) is 16.7 Å². The number of anilines is 1. The van der Waals surface area contributed by atoms with E-state index in [1.807, 2.05) is 24.1 Å². The van der Waals surface area contributed by atoms with Crippen molar-refractivity contribution >= 4 is 11.6 Å². The van der Waals surface area contributed by atoms with Gasteiger partial charge < -0.3 is 24.4 Å². The third-order valence-corrected chi connectivity index (χ3v) is 4.24. The summed E-state index contributed by atoms with van der Waals surface area (Å²) in [4.78, 5) is 14.3. The summed E-state index contributed by atoms with van der Waals surface area (Å²) < 4.78 is 16.0. The van der Waals surface area contributed by atoms with Crippen LogP contribution in [-0.4, -0.2) is 40.8 Å². The minimum Gasteiger partial charge on any atom is -0.493 e. The van der Waals surface area contributed by atoms with Crippen molar-refractivity contribution in [2.24, 2.45) is 0 Å². The number of carbonyl (C=O) groups is 1. The number of amides is 1.